The third kappa shape index (κ3) is 5.44. The maximum absolute atomic E-state index is 12.4. The van der Waals surface area contributed by atoms with Gasteiger partial charge in [-0.15, -0.1) is 10.2 Å². The van der Waals surface area contributed by atoms with E-state index in [0.29, 0.717) is 22.9 Å². The summed E-state index contributed by atoms with van der Waals surface area (Å²) < 4.78 is 7.42. The molecule has 0 aliphatic heterocycles. The second-order valence-electron chi connectivity index (χ2n) is 8.00. The fourth-order valence-electron chi connectivity index (χ4n) is 3.47. The van der Waals surface area contributed by atoms with Crippen LogP contribution in [-0.4, -0.2) is 32.1 Å². The third-order valence-electron chi connectivity index (χ3n) is 5.24. The van der Waals surface area contributed by atoms with E-state index in [-0.39, 0.29) is 17.8 Å². The van der Waals surface area contributed by atoms with E-state index in [1.54, 1.807) is 0 Å². The molecule has 1 aromatic carbocycles. The molecule has 1 aliphatic rings. The van der Waals surface area contributed by atoms with Crippen molar-refractivity contribution in [3.8, 4) is 5.75 Å². The third-order valence-corrected chi connectivity index (χ3v) is 6.29. The van der Waals surface area contributed by atoms with Crippen LogP contribution in [0.2, 0.25) is 0 Å². The zero-order chi connectivity index (χ0) is 21.0. The predicted octanol–water partition coefficient (Wildman–Crippen LogP) is 3.54. The van der Waals surface area contributed by atoms with Gasteiger partial charge in [0, 0.05) is 6.04 Å². The number of carbonyl (C=O) groups excluding carboxylic acids is 1. The van der Waals surface area contributed by atoms with Crippen molar-refractivity contribution in [3.63, 3.8) is 0 Å². The molecule has 7 nitrogen and oxygen atoms in total. The number of rotatable bonds is 8. The number of nitrogens with one attached hydrogen (secondary N) is 1. The number of nitrogens with two attached hydrogens (primary N) is 1. The van der Waals surface area contributed by atoms with Crippen molar-refractivity contribution in [2.45, 2.75) is 82.4 Å². The lowest BCUT2D eigenvalue weighted by Gasteiger charge is -2.16. The maximum atomic E-state index is 12.4. The minimum absolute atomic E-state index is 0.0176. The van der Waals surface area contributed by atoms with Gasteiger partial charge in [-0.3, -0.25) is 4.79 Å². The molecule has 8 heteroatoms. The fraction of sp³-hybridized carbons (Fsp3) is 0.571. The molecule has 0 bridgehead atoms. The zero-order valence-electron chi connectivity index (χ0n) is 17.6. The highest BCUT2D eigenvalue weighted by Gasteiger charge is 2.23. The van der Waals surface area contributed by atoms with Gasteiger partial charge >= 0.3 is 0 Å². The van der Waals surface area contributed by atoms with E-state index in [2.05, 4.69) is 41.5 Å². The van der Waals surface area contributed by atoms with Crippen molar-refractivity contribution >= 4 is 17.7 Å². The molecule has 0 spiro atoms. The Morgan fingerprint density at radius 2 is 2.03 bits per heavy atom. The highest BCUT2D eigenvalue weighted by atomic mass is 32.2. The molecule has 1 fully saturated rings. The molecular formula is C21H31N5O2S. The molecule has 1 atom stereocenters. The van der Waals surface area contributed by atoms with Crippen LogP contribution in [0.3, 0.4) is 0 Å². The molecular weight excluding hydrogens is 386 g/mol. The Balaban J connectivity index is 1.61. The van der Waals surface area contributed by atoms with Crippen LogP contribution in [0.25, 0.3) is 0 Å². The number of nitrogen functional groups attached to an aromatic ring is 1. The Labute approximate surface area is 176 Å². The first-order valence-electron chi connectivity index (χ1n) is 10.2. The lowest BCUT2D eigenvalue weighted by atomic mass is 10.0. The van der Waals surface area contributed by atoms with Crippen LogP contribution in [0.4, 0.5) is 0 Å². The maximum Gasteiger partial charge on any atom is 0.233 e. The van der Waals surface area contributed by atoms with Gasteiger partial charge < -0.3 is 15.9 Å². The molecule has 0 saturated heterocycles. The van der Waals surface area contributed by atoms with Gasteiger partial charge in [0.1, 0.15) is 12.4 Å². The van der Waals surface area contributed by atoms with Gasteiger partial charge in [0.25, 0.3) is 0 Å². The number of hydrogen-bond acceptors (Lipinski definition) is 6. The summed E-state index contributed by atoms with van der Waals surface area (Å²) in [4.78, 5) is 12.4. The first-order chi connectivity index (χ1) is 13.8. The summed E-state index contributed by atoms with van der Waals surface area (Å²) in [6.07, 6.45) is 4.50. The van der Waals surface area contributed by atoms with Gasteiger partial charge in [0.2, 0.25) is 11.1 Å². The summed E-state index contributed by atoms with van der Waals surface area (Å²) >= 11 is 1.31. The molecule has 1 aliphatic carbocycles. The number of carbonyl (C=O) groups is 1. The SMILES string of the molecule is Cc1ccc(C(C)C)c(OCc2nnc(SC(C)C(=O)NC3CCCC3)n2N)c1. The molecule has 3 rings (SSSR count). The zero-order valence-corrected chi connectivity index (χ0v) is 18.5. The van der Waals surface area contributed by atoms with E-state index in [0.717, 1.165) is 29.7 Å². The van der Waals surface area contributed by atoms with Crippen molar-refractivity contribution in [2.75, 3.05) is 5.84 Å². The van der Waals surface area contributed by atoms with Crippen molar-refractivity contribution in [1.29, 1.82) is 0 Å². The topological polar surface area (TPSA) is 95.1 Å². The van der Waals surface area contributed by atoms with Crippen molar-refractivity contribution in [2.24, 2.45) is 0 Å². The Kier molecular flexibility index (Phi) is 7.05. The molecule has 1 saturated carbocycles. The van der Waals surface area contributed by atoms with Crippen LogP contribution >= 0.6 is 11.8 Å². The van der Waals surface area contributed by atoms with Crippen LogP contribution in [-0.2, 0) is 11.4 Å². The molecule has 1 aromatic heterocycles. The van der Waals surface area contributed by atoms with E-state index in [9.17, 15) is 4.79 Å². The fourth-order valence-corrected chi connectivity index (χ4v) is 4.27. The lowest BCUT2D eigenvalue weighted by molar-refractivity contribution is -0.120. The Hall–Kier alpha value is -2.22. The predicted molar refractivity (Wildman–Crippen MR) is 115 cm³/mol. The second kappa shape index (κ2) is 9.52. The summed E-state index contributed by atoms with van der Waals surface area (Å²) in [5, 5.41) is 11.6. The number of ether oxygens (including phenoxy) is 1. The number of thioether (sulfide) groups is 1. The Morgan fingerprint density at radius 1 is 1.31 bits per heavy atom. The van der Waals surface area contributed by atoms with Crippen molar-refractivity contribution in [3.05, 3.63) is 35.2 Å². The quantitative estimate of drug-likeness (QED) is 0.504. The molecule has 1 unspecified atom stereocenters. The van der Waals surface area contributed by atoms with Gasteiger partial charge in [0.05, 0.1) is 5.25 Å². The molecule has 2 aromatic rings. The minimum atomic E-state index is -0.291. The summed E-state index contributed by atoms with van der Waals surface area (Å²) in [6, 6.07) is 6.50. The van der Waals surface area contributed by atoms with Gasteiger partial charge in [0.15, 0.2) is 5.82 Å². The number of benzene rings is 1. The summed E-state index contributed by atoms with van der Waals surface area (Å²) in [5.41, 5.74) is 2.28. The number of amides is 1. The summed E-state index contributed by atoms with van der Waals surface area (Å²) in [5.74, 6) is 7.89. The molecule has 3 N–H and O–H groups in total. The standard InChI is InChI=1S/C21H31N5O2S/c1-13(2)17-10-9-14(3)11-18(17)28-12-19-24-25-21(26(19)22)29-15(4)20(27)23-16-7-5-6-8-16/h9-11,13,15-16H,5-8,12,22H2,1-4H3,(H,23,27). The highest BCUT2D eigenvalue weighted by Crippen LogP contribution is 2.28. The molecule has 158 valence electrons. The molecule has 29 heavy (non-hydrogen) atoms. The van der Waals surface area contributed by atoms with E-state index < -0.39 is 0 Å². The second-order valence-corrected chi connectivity index (χ2v) is 9.31. The van der Waals surface area contributed by atoms with E-state index in [1.807, 2.05) is 19.9 Å². The van der Waals surface area contributed by atoms with Crippen molar-refractivity contribution < 1.29 is 9.53 Å². The number of aryl methyl sites for hydroxylation is 1. The highest BCUT2D eigenvalue weighted by molar-refractivity contribution is 8.00. The lowest BCUT2D eigenvalue weighted by Crippen LogP contribution is -2.37. The molecule has 1 amide bonds. The molecule has 0 radical (unpaired) electrons. The monoisotopic (exact) mass is 417 g/mol. The Morgan fingerprint density at radius 3 is 2.72 bits per heavy atom. The van der Waals surface area contributed by atoms with Gasteiger partial charge in [-0.1, -0.05) is 50.6 Å². The smallest absolute Gasteiger partial charge is 0.233 e. The first kappa shape index (κ1) is 21.5. The summed E-state index contributed by atoms with van der Waals surface area (Å²) in [7, 11) is 0. The Bertz CT molecular complexity index is 846. The number of nitrogens with zero attached hydrogens (tertiary/aromatic N) is 3. The van der Waals surface area contributed by atoms with E-state index in [4.69, 9.17) is 10.6 Å². The van der Waals surface area contributed by atoms with Crippen LogP contribution in [0.15, 0.2) is 23.4 Å². The van der Waals surface area contributed by atoms with Crippen molar-refractivity contribution in [1.82, 2.24) is 20.2 Å². The molecule has 1 heterocycles. The van der Waals surface area contributed by atoms with Crippen LogP contribution in [0.5, 0.6) is 5.75 Å². The minimum Gasteiger partial charge on any atom is -0.485 e. The van der Waals surface area contributed by atoms with Gasteiger partial charge in [-0.05, 0) is 49.8 Å². The van der Waals surface area contributed by atoms with E-state index >= 15 is 0 Å². The largest absolute Gasteiger partial charge is 0.485 e. The summed E-state index contributed by atoms with van der Waals surface area (Å²) in [6.45, 7) is 8.39. The first-order valence-corrected chi connectivity index (χ1v) is 11.1. The van der Waals surface area contributed by atoms with Gasteiger partial charge in [-0.2, -0.15) is 0 Å². The number of hydrogen-bond donors (Lipinski definition) is 2. The average Bonchev–Trinajstić information content (AvgIpc) is 3.30. The van der Waals surface area contributed by atoms with Crippen LogP contribution in [0, 0.1) is 6.92 Å². The average molecular weight is 418 g/mol. The van der Waals surface area contributed by atoms with E-state index in [1.165, 1.54) is 29.3 Å². The number of aromatic nitrogens is 3. The normalized spacial score (nSPS) is 15.6. The van der Waals surface area contributed by atoms with Crippen LogP contribution < -0.4 is 15.9 Å². The van der Waals surface area contributed by atoms with Gasteiger partial charge in [-0.25, -0.2) is 4.68 Å². The van der Waals surface area contributed by atoms with Crippen LogP contribution in [0.1, 0.15) is 69.3 Å².